The largest absolute Gasteiger partial charge is 0.355 e. The topological polar surface area (TPSA) is 24.3 Å². The summed E-state index contributed by atoms with van der Waals surface area (Å²) in [5, 5.41) is 4.51. The Hall–Kier alpha value is -0.740. The van der Waals surface area contributed by atoms with Gasteiger partial charge in [0.2, 0.25) is 0 Å². The van der Waals surface area contributed by atoms with Crippen molar-refractivity contribution < 1.29 is 0 Å². The molecule has 0 saturated carbocycles. The van der Waals surface area contributed by atoms with Gasteiger partial charge in [0, 0.05) is 31.7 Å². The minimum absolute atomic E-state index is 0.543. The lowest BCUT2D eigenvalue weighted by Crippen LogP contribution is -2.37. The highest BCUT2D eigenvalue weighted by Gasteiger charge is 2.29. The number of likely N-dealkylation sites (N-methyl/N-ethyl adjacent to an activating group) is 1. The molecule has 2 rings (SSSR count). The maximum absolute atomic E-state index is 6.09. The molecule has 4 nitrogen and oxygen atoms in total. The van der Waals surface area contributed by atoms with Crippen LogP contribution in [-0.4, -0.2) is 46.9 Å². The highest BCUT2D eigenvalue weighted by atomic mass is 35.5. The molecule has 2 heterocycles. The number of rotatable bonds is 5. The van der Waals surface area contributed by atoms with Crippen molar-refractivity contribution in [2.45, 2.75) is 39.1 Å². The molecule has 0 spiro atoms. The van der Waals surface area contributed by atoms with Crippen molar-refractivity contribution in [2.24, 2.45) is 7.05 Å². The van der Waals surface area contributed by atoms with Gasteiger partial charge in [-0.25, -0.2) is 0 Å². The van der Waals surface area contributed by atoms with Crippen molar-refractivity contribution in [2.75, 3.05) is 31.1 Å². The zero-order valence-electron chi connectivity index (χ0n) is 12.5. The smallest absolute Gasteiger partial charge is 0.131 e. The standard InChI is InChI=1S/C14H25ClN4/c1-5-18(6-2)12-7-8-19(10-12)14-13(9-15)11(3)16-17(14)4/h12H,5-10H2,1-4H3. The van der Waals surface area contributed by atoms with Gasteiger partial charge in [-0.3, -0.25) is 9.58 Å². The molecule has 0 N–H and O–H groups in total. The van der Waals surface area contributed by atoms with E-state index in [-0.39, 0.29) is 0 Å². The van der Waals surface area contributed by atoms with Crippen molar-refractivity contribution in [3.63, 3.8) is 0 Å². The van der Waals surface area contributed by atoms with Crippen molar-refractivity contribution in [1.82, 2.24) is 14.7 Å². The molecule has 0 aromatic carbocycles. The highest BCUT2D eigenvalue weighted by Crippen LogP contribution is 2.29. The van der Waals surface area contributed by atoms with Crippen LogP contribution in [0, 0.1) is 6.92 Å². The minimum Gasteiger partial charge on any atom is -0.355 e. The van der Waals surface area contributed by atoms with E-state index in [9.17, 15) is 0 Å². The van der Waals surface area contributed by atoms with Crippen LogP contribution in [0.3, 0.4) is 0 Å². The van der Waals surface area contributed by atoms with Gasteiger partial charge in [-0.2, -0.15) is 5.10 Å². The number of hydrogen-bond donors (Lipinski definition) is 0. The number of halogens is 1. The molecule has 0 radical (unpaired) electrons. The number of aromatic nitrogens is 2. The molecule has 1 unspecified atom stereocenters. The second kappa shape index (κ2) is 6.14. The molecule has 1 aliphatic rings. The maximum Gasteiger partial charge on any atom is 0.131 e. The average molecular weight is 285 g/mol. The third-order valence-corrected chi connectivity index (χ3v) is 4.51. The summed E-state index contributed by atoms with van der Waals surface area (Å²) in [7, 11) is 2.02. The van der Waals surface area contributed by atoms with E-state index in [0.29, 0.717) is 11.9 Å². The van der Waals surface area contributed by atoms with Gasteiger partial charge in [-0.1, -0.05) is 13.8 Å². The van der Waals surface area contributed by atoms with Crippen molar-refractivity contribution in [3.05, 3.63) is 11.3 Å². The lowest BCUT2D eigenvalue weighted by Gasteiger charge is -2.27. The fraction of sp³-hybridized carbons (Fsp3) is 0.786. The van der Waals surface area contributed by atoms with E-state index < -0.39 is 0 Å². The van der Waals surface area contributed by atoms with Crippen LogP contribution in [0.1, 0.15) is 31.5 Å². The summed E-state index contributed by atoms with van der Waals surface area (Å²) in [5.41, 5.74) is 2.24. The highest BCUT2D eigenvalue weighted by molar-refractivity contribution is 6.17. The van der Waals surface area contributed by atoms with E-state index >= 15 is 0 Å². The number of nitrogens with zero attached hydrogens (tertiary/aromatic N) is 4. The Morgan fingerprint density at radius 3 is 2.63 bits per heavy atom. The zero-order chi connectivity index (χ0) is 14.0. The van der Waals surface area contributed by atoms with Crippen molar-refractivity contribution in [3.8, 4) is 0 Å². The first-order valence-electron chi connectivity index (χ1n) is 7.19. The Morgan fingerprint density at radius 1 is 1.37 bits per heavy atom. The summed E-state index contributed by atoms with van der Waals surface area (Å²) in [5.74, 6) is 1.75. The van der Waals surface area contributed by atoms with Crippen LogP contribution < -0.4 is 4.90 Å². The summed E-state index contributed by atoms with van der Waals surface area (Å²) >= 11 is 6.09. The van der Waals surface area contributed by atoms with Crippen molar-refractivity contribution >= 4 is 17.4 Å². The maximum atomic E-state index is 6.09. The Bertz CT molecular complexity index is 425. The molecular formula is C14H25ClN4. The summed E-state index contributed by atoms with van der Waals surface area (Å²) in [6, 6.07) is 0.661. The van der Waals surface area contributed by atoms with Crippen LogP contribution in [-0.2, 0) is 12.9 Å². The van der Waals surface area contributed by atoms with E-state index in [1.165, 1.54) is 17.8 Å². The van der Waals surface area contributed by atoms with Gasteiger partial charge in [-0.15, -0.1) is 11.6 Å². The third kappa shape index (κ3) is 2.75. The fourth-order valence-electron chi connectivity index (χ4n) is 3.21. The van der Waals surface area contributed by atoms with Crippen LogP contribution >= 0.6 is 11.6 Å². The molecular weight excluding hydrogens is 260 g/mol. The van der Waals surface area contributed by atoms with Gasteiger partial charge in [0.15, 0.2) is 0 Å². The predicted octanol–water partition coefficient (Wildman–Crippen LogP) is 2.39. The molecule has 0 aliphatic carbocycles. The zero-order valence-corrected chi connectivity index (χ0v) is 13.2. The number of anilines is 1. The molecule has 5 heteroatoms. The molecule has 1 atom stereocenters. The Balaban J connectivity index is 2.17. The lowest BCUT2D eigenvalue weighted by atomic mass is 10.2. The molecule has 1 aromatic heterocycles. The first-order chi connectivity index (χ1) is 9.12. The Morgan fingerprint density at radius 2 is 2.05 bits per heavy atom. The second-order valence-corrected chi connectivity index (χ2v) is 5.52. The van der Waals surface area contributed by atoms with Gasteiger partial charge in [-0.05, 0) is 26.4 Å². The molecule has 1 fully saturated rings. The fourth-order valence-corrected chi connectivity index (χ4v) is 3.53. The van der Waals surface area contributed by atoms with E-state index in [0.717, 1.165) is 31.9 Å². The molecule has 0 amide bonds. The second-order valence-electron chi connectivity index (χ2n) is 5.25. The summed E-state index contributed by atoms with van der Waals surface area (Å²) in [6.07, 6.45) is 1.23. The van der Waals surface area contributed by atoms with Gasteiger partial charge in [0.05, 0.1) is 11.6 Å². The van der Waals surface area contributed by atoms with Gasteiger partial charge < -0.3 is 4.90 Å². The van der Waals surface area contributed by atoms with Crippen molar-refractivity contribution in [1.29, 1.82) is 0 Å². The molecule has 19 heavy (non-hydrogen) atoms. The third-order valence-electron chi connectivity index (χ3n) is 4.24. The van der Waals surface area contributed by atoms with Crippen LogP contribution in [0.5, 0.6) is 0 Å². The number of aryl methyl sites for hydroxylation is 2. The van der Waals surface area contributed by atoms with E-state index in [1.807, 2.05) is 18.7 Å². The van der Waals surface area contributed by atoms with E-state index in [2.05, 4.69) is 28.7 Å². The summed E-state index contributed by atoms with van der Waals surface area (Å²) in [6.45, 7) is 11.0. The lowest BCUT2D eigenvalue weighted by molar-refractivity contribution is 0.232. The van der Waals surface area contributed by atoms with Gasteiger partial charge >= 0.3 is 0 Å². The Labute approximate surface area is 121 Å². The van der Waals surface area contributed by atoms with Crippen LogP contribution in [0.15, 0.2) is 0 Å². The molecule has 1 aliphatic heterocycles. The normalized spacial score (nSPS) is 19.7. The van der Waals surface area contributed by atoms with Gasteiger partial charge in [0.1, 0.15) is 5.82 Å². The van der Waals surface area contributed by atoms with E-state index in [1.54, 1.807) is 0 Å². The van der Waals surface area contributed by atoms with Gasteiger partial charge in [0.25, 0.3) is 0 Å². The molecule has 1 aromatic rings. The SMILES string of the molecule is CCN(CC)C1CCN(c2c(CCl)c(C)nn2C)C1. The average Bonchev–Trinajstić information content (AvgIpc) is 2.95. The Kier molecular flexibility index (Phi) is 4.74. The number of hydrogen-bond acceptors (Lipinski definition) is 3. The summed E-state index contributed by atoms with van der Waals surface area (Å²) < 4.78 is 1.98. The first-order valence-corrected chi connectivity index (χ1v) is 7.73. The number of alkyl halides is 1. The monoisotopic (exact) mass is 284 g/mol. The van der Waals surface area contributed by atoms with Crippen LogP contribution in [0.4, 0.5) is 5.82 Å². The van der Waals surface area contributed by atoms with Crippen LogP contribution in [0.2, 0.25) is 0 Å². The summed E-state index contributed by atoms with van der Waals surface area (Å²) in [4.78, 5) is 4.99. The van der Waals surface area contributed by atoms with Crippen LogP contribution in [0.25, 0.3) is 0 Å². The molecule has 1 saturated heterocycles. The predicted molar refractivity (Wildman–Crippen MR) is 81.0 cm³/mol. The minimum atomic E-state index is 0.543. The quantitative estimate of drug-likeness (QED) is 0.776. The molecule has 0 bridgehead atoms. The molecule has 108 valence electrons. The first kappa shape index (κ1) is 14.7. The van der Waals surface area contributed by atoms with E-state index in [4.69, 9.17) is 11.6 Å².